The summed E-state index contributed by atoms with van der Waals surface area (Å²) in [6, 6.07) is 1.84. The van der Waals surface area contributed by atoms with Gasteiger partial charge >= 0.3 is 0 Å². The summed E-state index contributed by atoms with van der Waals surface area (Å²) in [6.07, 6.45) is 3.57. The lowest BCUT2D eigenvalue weighted by atomic mass is 10.5. The van der Waals surface area contributed by atoms with Crippen LogP contribution in [0.5, 0.6) is 0 Å². The minimum Gasteiger partial charge on any atom is -0.396 e. The average molecular weight is 165 g/mol. The minimum atomic E-state index is 0.737. The molecule has 64 valence electrons. The standard InChI is InChI=1S/C7H11N5/c1-10(2)12-5-9-11-4-3-6(8)7(11)12/h3-5H,8H2,1-2H3. The first-order valence-electron chi connectivity index (χ1n) is 3.68. The predicted molar refractivity (Wildman–Crippen MR) is 47.7 cm³/mol. The Morgan fingerprint density at radius 2 is 2.25 bits per heavy atom. The van der Waals surface area contributed by atoms with E-state index < -0.39 is 0 Å². The van der Waals surface area contributed by atoms with Crippen molar-refractivity contribution in [1.82, 2.24) is 14.3 Å². The number of fused-ring (bicyclic) bond motifs is 1. The molecule has 2 aromatic heterocycles. The van der Waals surface area contributed by atoms with Crippen LogP contribution in [0.3, 0.4) is 0 Å². The van der Waals surface area contributed by atoms with E-state index in [1.54, 1.807) is 10.8 Å². The average Bonchev–Trinajstić information content (AvgIpc) is 2.53. The maximum Gasteiger partial charge on any atom is 0.177 e. The molecular formula is C7H11N5. The lowest BCUT2D eigenvalue weighted by molar-refractivity contribution is 0.753. The van der Waals surface area contributed by atoms with Crippen LogP contribution >= 0.6 is 0 Å². The van der Waals surface area contributed by atoms with E-state index in [2.05, 4.69) is 5.10 Å². The van der Waals surface area contributed by atoms with Gasteiger partial charge in [0.1, 0.15) is 6.33 Å². The van der Waals surface area contributed by atoms with Crippen LogP contribution in [-0.4, -0.2) is 28.4 Å². The van der Waals surface area contributed by atoms with Crippen molar-refractivity contribution in [2.24, 2.45) is 0 Å². The Morgan fingerprint density at radius 1 is 1.50 bits per heavy atom. The van der Waals surface area contributed by atoms with Crippen LogP contribution in [-0.2, 0) is 0 Å². The predicted octanol–water partition coefficient (Wildman–Crippen LogP) is -0.0844. The van der Waals surface area contributed by atoms with Gasteiger partial charge in [-0.2, -0.15) is 5.10 Å². The maximum atomic E-state index is 5.75. The van der Waals surface area contributed by atoms with Crippen molar-refractivity contribution < 1.29 is 0 Å². The fourth-order valence-corrected chi connectivity index (χ4v) is 1.21. The molecule has 0 unspecified atom stereocenters. The molecule has 2 N–H and O–H groups in total. The van der Waals surface area contributed by atoms with E-state index in [1.807, 2.05) is 36.0 Å². The Labute approximate surface area is 70.0 Å². The lowest BCUT2D eigenvalue weighted by Crippen LogP contribution is -2.23. The number of rotatable bonds is 1. The topological polar surface area (TPSA) is 51.5 Å². The number of hydrogen-bond donors (Lipinski definition) is 1. The number of nitrogens with two attached hydrogens (primary N) is 1. The van der Waals surface area contributed by atoms with E-state index in [0.29, 0.717) is 0 Å². The Balaban J connectivity index is 2.75. The molecule has 0 saturated carbocycles. The van der Waals surface area contributed by atoms with Gasteiger partial charge in [-0.1, -0.05) is 0 Å². The molecule has 0 aliphatic rings. The molecule has 0 fully saturated rings. The molecular weight excluding hydrogens is 154 g/mol. The van der Waals surface area contributed by atoms with Gasteiger partial charge in [-0.3, -0.25) is 0 Å². The molecule has 0 spiro atoms. The SMILES string of the molecule is CN(C)n1cnn2ccc(N)c12. The zero-order valence-corrected chi connectivity index (χ0v) is 7.10. The summed E-state index contributed by atoms with van der Waals surface area (Å²) in [5.41, 5.74) is 7.39. The molecule has 5 nitrogen and oxygen atoms in total. The number of anilines is 1. The minimum absolute atomic E-state index is 0.737. The highest BCUT2D eigenvalue weighted by molar-refractivity contribution is 5.65. The van der Waals surface area contributed by atoms with Crippen molar-refractivity contribution >= 4 is 11.3 Å². The zero-order valence-electron chi connectivity index (χ0n) is 7.10. The second kappa shape index (κ2) is 2.17. The summed E-state index contributed by atoms with van der Waals surface area (Å²) in [5, 5.41) is 6.03. The van der Waals surface area contributed by atoms with Gasteiger partial charge in [0.25, 0.3) is 0 Å². The summed E-state index contributed by atoms with van der Waals surface area (Å²) in [4.78, 5) is 0. The van der Waals surface area contributed by atoms with Gasteiger partial charge in [0.2, 0.25) is 0 Å². The molecule has 0 aliphatic carbocycles. The monoisotopic (exact) mass is 165 g/mol. The van der Waals surface area contributed by atoms with Crippen LogP contribution in [0.15, 0.2) is 18.6 Å². The van der Waals surface area contributed by atoms with E-state index >= 15 is 0 Å². The molecule has 2 heterocycles. The van der Waals surface area contributed by atoms with Crippen molar-refractivity contribution in [1.29, 1.82) is 0 Å². The van der Waals surface area contributed by atoms with Gasteiger partial charge in [0.15, 0.2) is 5.65 Å². The molecule has 0 saturated heterocycles. The Bertz CT molecular complexity index is 397. The first-order valence-corrected chi connectivity index (χ1v) is 3.68. The van der Waals surface area contributed by atoms with E-state index in [1.165, 1.54) is 0 Å². The van der Waals surface area contributed by atoms with Gasteiger partial charge in [-0.15, -0.1) is 0 Å². The van der Waals surface area contributed by atoms with Crippen molar-refractivity contribution in [3.8, 4) is 0 Å². The summed E-state index contributed by atoms with van der Waals surface area (Å²) in [6.45, 7) is 0. The van der Waals surface area contributed by atoms with Gasteiger partial charge < -0.3 is 10.7 Å². The van der Waals surface area contributed by atoms with Gasteiger partial charge in [0.05, 0.1) is 5.69 Å². The van der Waals surface area contributed by atoms with Gasteiger partial charge in [-0.05, 0) is 6.07 Å². The maximum absolute atomic E-state index is 5.75. The largest absolute Gasteiger partial charge is 0.396 e. The third-order valence-corrected chi connectivity index (χ3v) is 1.80. The quantitative estimate of drug-likeness (QED) is 0.642. The summed E-state index contributed by atoms with van der Waals surface area (Å²) < 4.78 is 3.63. The fourth-order valence-electron chi connectivity index (χ4n) is 1.21. The highest BCUT2D eigenvalue weighted by atomic mass is 15.6. The van der Waals surface area contributed by atoms with Gasteiger partial charge in [-0.25, -0.2) is 9.19 Å². The lowest BCUT2D eigenvalue weighted by Gasteiger charge is -2.13. The molecule has 2 rings (SSSR count). The molecule has 0 amide bonds. The number of nitrogen functional groups attached to an aromatic ring is 1. The van der Waals surface area contributed by atoms with E-state index in [0.717, 1.165) is 11.3 Å². The van der Waals surface area contributed by atoms with E-state index in [9.17, 15) is 0 Å². The fraction of sp³-hybridized carbons (Fsp3) is 0.286. The number of nitrogens with zero attached hydrogens (tertiary/aromatic N) is 4. The molecule has 0 bridgehead atoms. The van der Waals surface area contributed by atoms with Crippen LogP contribution in [0.2, 0.25) is 0 Å². The van der Waals surface area contributed by atoms with Gasteiger partial charge in [0, 0.05) is 20.3 Å². The highest BCUT2D eigenvalue weighted by Gasteiger charge is 2.06. The molecule has 5 heteroatoms. The van der Waals surface area contributed by atoms with Crippen molar-refractivity contribution in [3.63, 3.8) is 0 Å². The molecule has 0 aliphatic heterocycles. The van der Waals surface area contributed by atoms with Crippen LogP contribution in [0, 0.1) is 0 Å². The van der Waals surface area contributed by atoms with Crippen LogP contribution in [0.4, 0.5) is 5.69 Å². The summed E-state index contributed by atoms with van der Waals surface area (Å²) >= 11 is 0. The summed E-state index contributed by atoms with van der Waals surface area (Å²) in [5.74, 6) is 0. The molecule has 2 aromatic rings. The third kappa shape index (κ3) is 0.761. The molecule has 0 radical (unpaired) electrons. The smallest absolute Gasteiger partial charge is 0.177 e. The zero-order chi connectivity index (χ0) is 8.72. The number of aromatic nitrogens is 3. The molecule has 0 atom stereocenters. The Kier molecular flexibility index (Phi) is 1.27. The Hall–Kier alpha value is -1.65. The van der Waals surface area contributed by atoms with E-state index in [-0.39, 0.29) is 0 Å². The van der Waals surface area contributed by atoms with Crippen LogP contribution < -0.4 is 10.7 Å². The van der Waals surface area contributed by atoms with Crippen molar-refractivity contribution in [2.75, 3.05) is 24.8 Å². The second-order valence-corrected chi connectivity index (χ2v) is 2.86. The molecule has 12 heavy (non-hydrogen) atoms. The Morgan fingerprint density at radius 3 is 2.92 bits per heavy atom. The first kappa shape index (κ1) is 7.02. The second-order valence-electron chi connectivity index (χ2n) is 2.86. The molecule has 0 aromatic carbocycles. The first-order chi connectivity index (χ1) is 5.70. The normalized spacial score (nSPS) is 10.8. The van der Waals surface area contributed by atoms with Crippen molar-refractivity contribution in [2.45, 2.75) is 0 Å². The summed E-state index contributed by atoms with van der Waals surface area (Å²) in [7, 11) is 3.88. The third-order valence-electron chi connectivity index (χ3n) is 1.80. The van der Waals surface area contributed by atoms with E-state index in [4.69, 9.17) is 5.73 Å². The number of hydrogen-bond acceptors (Lipinski definition) is 3. The van der Waals surface area contributed by atoms with Crippen LogP contribution in [0.25, 0.3) is 5.65 Å². The van der Waals surface area contributed by atoms with Crippen molar-refractivity contribution in [3.05, 3.63) is 18.6 Å². The van der Waals surface area contributed by atoms with Crippen LogP contribution in [0.1, 0.15) is 0 Å². The highest BCUT2D eigenvalue weighted by Crippen LogP contribution is 2.12.